The first-order valence-corrected chi connectivity index (χ1v) is 7.08. The highest BCUT2D eigenvalue weighted by atomic mass is 32.1. The predicted molar refractivity (Wildman–Crippen MR) is 81.5 cm³/mol. The third kappa shape index (κ3) is 3.75. The third-order valence-electron chi connectivity index (χ3n) is 2.39. The second-order valence-electron chi connectivity index (χ2n) is 3.84. The highest BCUT2D eigenvalue weighted by molar-refractivity contribution is 7.73. The molecule has 104 valence electrons. The van der Waals surface area contributed by atoms with Crippen LogP contribution in [0.1, 0.15) is 5.56 Å². The lowest BCUT2D eigenvalue weighted by Crippen LogP contribution is -2.31. The van der Waals surface area contributed by atoms with E-state index in [1.165, 1.54) is 16.2 Å². The van der Waals surface area contributed by atoms with E-state index in [0.29, 0.717) is 15.6 Å². The molecule has 0 saturated carbocycles. The van der Waals surface area contributed by atoms with E-state index in [-0.39, 0.29) is 6.61 Å². The average molecular weight is 307 g/mol. The minimum Gasteiger partial charge on any atom is -0.444 e. The lowest BCUT2D eigenvalue weighted by molar-refractivity contribution is 0.147. The van der Waals surface area contributed by atoms with E-state index in [9.17, 15) is 4.79 Å². The van der Waals surface area contributed by atoms with Crippen LogP contribution in [0.15, 0.2) is 43.0 Å². The van der Waals surface area contributed by atoms with Crippen molar-refractivity contribution in [3.63, 3.8) is 0 Å². The van der Waals surface area contributed by atoms with Crippen LogP contribution in [0.2, 0.25) is 0 Å². The number of nitrogens with zero attached hydrogens (tertiary/aromatic N) is 2. The van der Waals surface area contributed by atoms with Crippen LogP contribution in [0.4, 0.5) is 9.93 Å². The number of aromatic nitrogens is 2. The van der Waals surface area contributed by atoms with Gasteiger partial charge in [-0.25, -0.2) is 9.69 Å². The lowest BCUT2D eigenvalue weighted by atomic mass is 10.2. The van der Waals surface area contributed by atoms with Gasteiger partial charge in [0.1, 0.15) is 6.61 Å². The van der Waals surface area contributed by atoms with Crippen LogP contribution in [0.3, 0.4) is 0 Å². The van der Waals surface area contributed by atoms with Gasteiger partial charge < -0.3 is 4.74 Å². The first-order valence-electron chi connectivity index (χ1n) is 5.85. The maximum absolute atomic E-state index is 12.1. The van der Waals surface area contributed by atoms with Crippen LogP contribution in [0, 0.1) is 3.95 Å². The predicted octanol–water partition coefficient (Wildman–Crippen LogP) is 3.53. The largest absolute Gasteiger partial charge is 0.444 e. The number of hydrogen-bond donors (Lipinski definition) is 1. The molecule has 0 unspecified atom stereocenters. The van der Waals surface area contributed by atoms with Crippen molar-refractivity contribution in [1.82, 2.24) is 10.2 Å². The molecule has 1 amide bonds. The van der Waals surface area contributed by atoms with Crippen molar-refractivity contribution in [2.24, 2.45) is 0 Å². The number of hydrogen-bond acceptors (Lipinski definition) is 5. The summed E-state index contributed by atoms with van der Waals surface area (Å²) in [6.45, 7) is 4.15. The number of aromatic amines is 1. The summed E-state index contributed by atoms with van der Waals surface area (Å²) in [6.07, 6.45) is 1.13. The molecule has 0 radical (unpaired) electrons. The summed E-state index contributed by atoms with van der Waals surface area (Å²) in [5, 5.41) is 7.08. The van der Waals surface area contributed by atoms with E-state index < -0.39 is 6.09 Å². The second-order valence-corrected chi connectivity index (χ2v) is 5.48. The quantitative estimate of drug-likeness (QED) is 0.678. The molecule has 1 aromatic heterocycles. The van der Waals surface area contributed by atoms with Gasteiger partial charge in [0.2, 0.25) is 5.13 Å². The van der Waals surface area contributed by atoms with E-state index in [2.05, 4.69) is 16.8 Å². The second kappa shape index (κ2) is 6.97. The van der Waals surface area contributed by atoms with Gasteiger partial charge in [-0.3, -0.25) is 5.10 Å². The fourth-order valence-corrected chi connectivity index (χ4v) is 2.37. The summed E-state index contributed by atoms with van der Waals surface area (Å²) in [5.41, 5.74) is 0.925. The Hall–Kier alpha value is -1.99. The first-order chi connectivity index (χ1) is 9.70. The monoisotopic (exact) mass is 307 g/mol. The molecule has 0 saturated heterocycles. The molecule has 1 heterocycles. The molecule has 5 nitrogen and oxygen atoms in total. The van der Waals surface area contributed by atoms with Gasteiger partial charge in [0.05, 0.1) is 0 Å². The minimum atomic E-state index is -0.480. The van der Waals surface area contributed by atoms with Crippen molar-refractivity contribution in [3.05, 3.63) is 52.5 Å². The molecule has 0 spiro atoms. The van der Waals surface area contributed by atoms with Crippen LogP contribution < -0.4 is 4.90 Å². The van der Waals surface area contributed by atoms with Gasteiger partial charge in [0.25, 0.3) is 0 Å². The first kappa shape index (κ1) is 14.4. The van der Waals surface area contributed by atoms with Crippen LogP contribution in [0.5, 0.6) is 0 Å². The number of H-pyrrole nitrogens is 1. The fourth-order valence-electron chi connectivity index (χ4n) is 1.49. The molecule has 1 N–H and O–H groups in total. The van der Waals surface area contributed by atoms with Gasteiger partial charge in [-0.1, -0.05) is 47.7 Å². The third-order valence-corrected chi connectivity index (χ3v) is 3.51. The van der Waals surface area contributed by atoms with Gasteiger partial charge in [-0.15, -0.1) is 11.7 Å². The Labute approximate surface area is 125 Å². The van der Waals surface area contributed by atoms with Crippen molar-refractivity contribution in [2.75, 3.05) is 11.4 Å². The van der Waals surface area contributed by atoms with Crippen LogP contribution in [0.25, 0.3) is 0 Å². The number of benzene rings is 1. The molecular formula is C13H13N3O2S2. The van der Waals surface area contributed by atoms with Gasteiger partial charge in [0, 0.05) is 6.54 Å². The number of rotatable bonds is 5. The topological polar surface area (TPSA) is 58.2 Å². The molecular weight excluding hydrogens is 294 g/mol. The Kier molecular flexibility index (Phi) is 5.03. The number of nitrogens with one attached hydrogen (secondary N) is 1. The summed E-state index contributed by atoms with van der Waals surface area (Å²) >= 11 is 6.17. The molecule has 0 aliphatic heterocycles. The molecule has 7 heteroatoms. The minimum absolute atomic E-state index is 0.211. The zero-order valence-corrected chi connectivity index (χ0v) is 12.2. The average Bonchev–Trinajstić information content (AvgIpc) is 2.89. The summed E-state index contributed by atoms with van der Waals surface area (Å²) in [7, 11) is 0. The fraction of sp³-hybridized carbons (Fsp3) is 0.154. The number of anilines is 1. The van der Waals surface area contributed by atoms with Gasteiger partial charge in [0.15, 0.2) is 3.95 Å². The molecule has 0 fully saturated rings. The van der Waals surface area contributed by atoms with Crippen molar-refractivity contribution in [3.8, 4) is 0 Å². The van der Waals surface area contributed by atoms with E-state index in [1.807, 2.05) is 30.3 Å². The SMILES string of the molecule is C=CCN(C(=O)OCc1ccccc1)c1n[nH]c(=S)s1. The number of ether oxygens (including phenoxy) is 1. The van der Waals surface area contributed by atoms with E-state index in [1.54, 1.807) is 6.08 Å². The maximum atomic E-state index is 12.1. The highest BCUT2D eigenvalue weighted by Gasteiger charge is 2.19. The van der Waals surface area contributed by atoms with E-state index in [0.717, 1.165) is 5.56 Å². The molecule has 0 aliphatic rings. The van der Waals surface area contributed by atoms with Crippen molar-refractivity contribution in [2.45, 2.75) is 6.61 Å². The molecule has 0 atom stereocenters. The van der Waals surface area contributed by atoms with Crippen LogP contribution >= 0.6 is 23.6 Å². The van der Waals surface area contributed by atoms with E-state index >= 15 is 0 Å². The Morgan fingerprint density at radius 1 is 1.50 bits per heavy atom. The van der Waals surface area contributed by atoms with E-state index in [4.69, 9.17) is 17.0 Å². The van der Waals surface area contributed by atoms with Crippen LogP contribution in [-0.2, 0) is 11.3 Å². The maximum Gasteiger partial charge on any atom is 0.416 e. The smallest absolute Gasteiger partial charge is 0.416 e. The van der Waals surface area contributed by atoms with Crippen molar-refractivity contribution >= 4 is 34.8 Å². The number of amides is 1. The number of carbonyl (C=O) groups excluding carboxylic acids is 1. The van der Waals surface area contributed by atoms with Gasteiger partial charge in [-0.2, -0.15) is 0 Å². The lowest BCUT2D eigenvalue weighted by Gasteiger charge is -2.17. The Morgan fingerprint density at radius 3 is 2.85 bits per heavy atom. The molecule has 0 aliphatic carbocycles. The summed E-state index contributed by atoms with van der Waals surface area (Å²) in [4.78, 5) is 13.5. The summed E-state index contributed by atoms with van der Waals surface area (Å²) < 4.78 is 5.77. The zero-order valence-electron chi connectivity index (χ0n) is 10.6. The molecule has 0 bridgehead atoms. The van der Waals surface area contributed by atoms with Crippen molar-refractivity contribution < 1.29 is 9.53 Å². The summed E-state index contributed by atoms with van der Waals surface area (Å²) in [5.74, 6) is 0. The standard InChI is InChI=1S/C13H13N3O2S2/c1-2-8-16(11-14-15-12(19)20-11)13(17)18-9-10-6-4-3-5-7-10/h2-7H,1,8-9H2,(H,15,19). The zero-order chi connectivity index (χ0) is 14.4. The van der Waals surface area contributed by atoms with Crippen molar-refractivity contribution in [1.29, 1.82) is 0 Å². The Morgan fingerprint density at radius 2 is 2.25 bits per heavy atom. The normalized spacial score (nSPS) is 10.0. The molecule has 2 aromatic rings. The van der Waals surface area contributed by atoms with Gasteiger partial charge >= 0.3 is 6.09 Å². The Bertz CT molecular complexity index is 636. The summed E-state index contributed by atoms with van der Waals surface area (Å²) in [6, 6.07) is 9.48. The molecule has 1 aromatic carbocycles. The highest BCUT2D eigenvalue weighted by Crippen LogP contribution is 2.18. The van der Waals surface area contributed by atoms with Gasteiger partial charge in [-0.05, 0) is 17.8 Å². The number of carbonyl (C=O) groups is 1. The Balaban J connectivity index is 2.04. The molecule has 20 heavy (non-hydrogen) atoms. The molecule has 2 rings (SSSR count). The van der Waals surface area contributed by atoms with Crippen LogP contribution in [-0.4, -0.2) is 22.8 Å².